The third-order valence-corrected chi connectivity index (χ3v) is 5.85. The van der Waals surface area contributed by atoms with Gasteiger partial charge in [-0.15, -0.1) is 0 Å². The summed E-state index contributed by atoms with van der Waals surface area (Å²) in [6.07, 6.45) is 3.71. The summed E-state index contributed by atoms with van der Waals surface area (Å²) in [7, 11) is -3.48. The van der Waals surface area contributed by atoms with Gasteiger partial charge in [-0.1, -0.05) is 0 Å². The summed E-state index contributed by atoms with van der Waals surface area (Å²) >= 11 is 0. The number of sulfonamides is 1. The van der Waals surface area contributed by atoms with Gasteiger partial charge in [0.15, 0.2) is 0 Å². The molecule has 3 saturated heterocycles. The Labute approximate surface area is 126 Å². The Balaban J connectivity index is 1.76. The molecule has 21 heavy (non-hydrogen) atoms. The predicted molar refractivity (Wildman–Crippen MR) is 81.7 cm³/mol. The van der Waals surface area contributed by atoms with Gasteiger partial charge in [0.05, 0.1) is 4.90 Å². The standard InChI is InChI=1S/C14H22N4O2S/c1-2-15-14-9-12(3-6-16-14)21(19,20)17-13-10-18-7-4-11(13)5-8-18/h3,6,9,11,13,17H,2,4-5,7-8,10H2,1H3,(H,15,16). The van der Waals surface area contributed by atoms with Crippen molar-refractivity contribution in [3.8, 4) is 0 Å². The summed E-state index contributed by atoms with van der Waals surface area (Å²) < 4.78 is 28.0. The molecule has 0 amide bonds. The predicted octanol–water partition coefficient (Wildman–Crippen LogP) is 0.886. The van der Waals surface area contributed by atoms with Crippen LogP contribution in [0.15, 0.2) is 23.2 Å². The van der Waals surface area contributed by atoms with Gasteiger partial charge in [-0.2, -0.15) is 0 Å². The average Bonchev–Trinajstić information content (AvgIpc) is 2.49. The molecule has 6 nitrogen and oxygen atoms in total. The molecule has 0 aromatic carbocycles. The van der Waals surface area contributed by atoms with E-state index < -0.39 is 10.0 Å². The summed E-state index contributed by atoms with van der Waals surface area (Å²) in [5.74, 6) is 1.06. The van der Waals surface area contributed by atoms with Crippen molar-refractivity contribution < 1.29 is 8.42 Å². The van der Waals surface area contributed by atoms with Crippen LogP contribution in [-0.4, -0.2) is 50.5 Å². The van der Waals surface area contributed by atoms with E-state index in [2.05, 4.69) is 19.9 Å². The maximum Gasteiger partial charge on any atom is 0.241 e. The molecule has 116 valence electrons. The lowest BCUT2D eigenvalue weighted by molar-refractivity contribution is 0.0827. The maximum absolute atomic E-state index is 12.5. The lowest BCUT2D eigenvalue weighted by Crippen LogP contribution is -2.57. The molecule has 1 atom stereocenters. The first-order valence-corrected chi connectivity index (χ1v) is 9.01. The van der Waals surface area contributed by atoms with Crippen molar-refractivity contribution in [3.63, 3.8) is 0 Å². The molecule has 4 rings (SSSR count). The minimum Gasteiger partial charge on any atom is -0.370 e. The number of pyridine rings is 1. The highest BCUT2D eigenvalue weighted by Gasteiger charge is 2.36. The molecule has 0 radical (unpaired) electrons. The Bertz CT molecular complexity index is 597. The fourth-order valence-electron chi connectivity index (χ4n) is 3.22. The number of rotatable bonds is 5. The fraction of sp³-hybridized carbons (Fsp3) is 0.643. The van der Waals surface area contributed by atoms with Gasteiger partial charge in [0.25, 0.3) is 0 Å². The number of aromatic nitrogens is 1. The van der Waals surface area contributed by atoms with Crippen LogP contribution in [0.25, 0.3) is 0 Å². The van der Waals surface area contributed by atoms with Gasteiger partial charge >= 0.3 is 0 Å². The number of nitrogens with zero attached hydrogens (tertiary/aromatic N) is 2. The minimum atomic E-state index is -3.48. The monoisotopic (exact) mass is 310 g/mol. The highest BCUT2D eigenvalue weighted by molar-refractivity contribution is 7.89. The van der Waals surface area contributed by atoms with Gasteiger partial charge in [0, 0.05) is 31.4 Å². The zero-order valence-corrected chi connectivity index (χ0v) is 13.1. The van der Waals surface area contributed by atoms with Crippen molar-refractivity contribution in [2.75, 3.05) is 31.5 Å². The van der Waals surface area contributed by atoms with Gasteiger partial charge < -0.3 is 10.2 Å². The molecule has 3 aliphatic rings. The highest BCUT2D eigenvalue weighted by atomic mass is 32.2. The zero-order valence-electron chi connectivity index (χ0n) is 12.2. The second-order valence-corrected chi connectivity index (χ2v) is 7.49. The minimum absolute atomic E-state index is 0.0354. The molecule has 4 heterocycles. The second-order valence-electron chi connectivity index (χ2n) is 5.77. The summed E-state index contributed by atoms with van der Waals surface area (Å²) in [6, 6.07) is 3.17. The lowest BCUT2D eigenvalue weighted by atomic mass is 9.85. The summed E-state index contributed by atoms with van der Waals surface area (Å²) in [4.78, 5) is 6.74. The lowest BCUT2D eigenvalue weighted by Gasteiger charge is -2.44. The molecule has 0 spiro atoms. The molecule has 0 saturated carbocycles. The Morgan fingerprint density at radius 1 is 1.38 bits per heavy atom. The fourth-order valence-corrected chi connectivity index (χ4v) is 4.53. The number of anilines is 1. The van der Waals surface area contributed by atoms with Crippen LogP contribution in [0, 0.1) is 5.92 Å². The third-order valence-electron chi connectivity index (χ3n) is 4.36. The Morgan fingerprint density at radius 3 is 2.76 bits per heavy atom. The molecule has 1 aromatic heterocycles. The van der Waals surface area contributed by atoms with Gasteiger partial charge in [-0.25, -0.2) is 18.1 Å². The van der Waals surface area contributed by atoms with Crippen molar-refractivity contribution in [2.45, 2.75) is 30.7 Å². The molecule has 2 bridgehead atoms. The van der Waals surface area contributed by atoms with E-state index in [0.717, 1.165) is 32.5 Å². The van der Waals surface area contributed by atoms with Crippen molar-refractivity contribution in [3.05, 3.63) is 18.3 Å². The summed E-state index contributed by atoms with van der Waals surface area (Å²) in [6.45, 7) is 5.69. The van der Waals surface area contributed by atoms with Gasteiger partial charge in [-0.3, -0.25) is 0 Å². The molecule has 3 aliphatic heterocycles. The molecule has 1 aromatic rings. The van der Waals surface area contributed by atoms with E-state index in [1.54, 1.807) is 12.1 Å². The summed E-state index contributed by atoms with van der Waals surface area (Å²) in [5.41, 5.74) is 0. The number of nitrogens with one attached hydrogen (secondary N) is 2. The van der Waals surface area contributed by atoms with E-state index in [1.807, 2.05) is 6.92 Å². The van der Waals surface area contributed by atoms with Crippen LogP contribution in [0.4, 0.5) is 5.82 Å². The average molecular weight is 310 g/mol. The number of hydrogen-bond acceptors (Lipinski definition) is 5. The van der Waals surface area contributed by atoms with E-state index >= 15 is 0 Å². The number of piperidine rings is 3. The quantitative estimate of drug-likeness (QED) is 0.845. The van der Waals surface area contributed by atoms with Crippen LogP contribution in [0.1, 0.15) is 19.8 Å². The normalized spacial score (nSPS) is 28.5. The van der Waals surface area contributed by atoms with Crippen LogP contribution < -0.4 is 10.0 Å². The van der Waals surface area contributed by atoms with Crippen molar-refractivity contribution in [1.82, 2.24) is 14.6 Å². The van der Waals surface area contributed by atoms with E-state index in [1.165, 1.54) is 6.20 Å². The summed E-state index contributed by atoms with van der Waals surface area (Å²) in [5, 5.41) is 3.04. The molecular formula is C14H22N4O2S. The molecule has 0 aliphatic carbocycles. The third kappa shape index (κ3) is 3.20. The number of fused-ring (bicyclic) bond motifs is 3. The van der Waals surface area contributed by atoms with E-state index in [9.17, 15) is 8.42 Å². The molecule has 3 fully saturated rings. The first kappa shape index (κ1) is 14.7. The van der Waals surface area contributed by atoms with Crippen LogP contribution in [0.5, 0.6) is 0 Å². The van der Waals surface area contributed by atoms with Crippen molar-refractivity contribution in [1.29, 1.82) is 0 Å². The largest absolute Gasteiger partial charge is 0.370 e. The molecule has 1 unspecified atom stereocenters. The van der Waals surface area contributed by atoms with Crippen LogP contribution >= 0.6 is 0 Å². The van der Waals surface area contributed by atoms with Crippen LogP contribution in [0.2, 0.25) is 0 Å². The SMILES string of the molecule is CCNc1cc(S(=O)(=O)NC2CN3CCC2CC3)ccn1. The Kier molecular flexibility index (Phi) is 4.14. The van der Waals surface area contributed by atoms with E-state index in [4.69, 9.17) is 0 Å². The first-order valence-electron chi connectivity index (χ1n) is 7.53. The van der Waals surface area contributed by atoms with E-state index in [0.29, 0.717) is 18.3 Å². The maximum atomic E-state index is 12.5. The van der Waals surface area contributed by atoms with E-state index in [-0.39, 0.29) is 10.9 Å². The van der Waals surface area contributed by atoms with Crippen molar-refractivity contribution in [2.24, 2.45) is 5.92 Å². The first-order chi connectivity index (χ1) is 10.1. The molecular weight excluding hydrogens is 288 g/mol. The second kappa shape index (κ2) is 5.90. The van der Waals surface area contributed by atoms with Crippen LogP contribution in [-0.2, 0) is 10.0 Å². The smallest absolute Gasteiger partial charge is 0.241 e. The highest BCUT2D eigenvalue weighted by Crippen LogP contribution is 2.28. The molecule has 7 heteroatoms. The Morgan fingerprint density at radius 2 is 2.14 bits per heavy atom. The number of hydrogen-bond donors (Lipinski definition) is 2. The van der Waals surface area contributed by atoms with Gasteiger partial charge in [-0.05, 0) is 44.8 Å². The van der Waals surface area contributed by atoms with Gasteiger partial charge in [0.2, 0.25) is 10.0 Å². The molecule has 2 N–H and O–H groups in total. The zero-order chi connectivity index (χ0) is 14.9. The van der Waals surface area contributed by atoms with Crippen LogP contribution in [0.3, 0.4) is 0 Å². The Hall–Kier alpha value is -1.18. The van der Waals surface area contributed by atoms with Gasteiger partial charge in [0.1, 0.15) is 5.82 Å². The van der Waals surface area contributed by atoms with Crippen molar-refractivity contribution >= 4 is 15.8 Å². The topological polar surface area (TPSA) is 74.3 Å².